The van der Waals surface area contributed by atoms with E-state index in [1.54, 1.807) is 42.9 Å². The molecule has 0 aromatic carbocycles. The molecular weight excluding hydrogens is 524 g/mol. The van der Waals surface area contributed by atoms with Gasteiger partial charge < -0.3 is 26.3 Å². The Morgan fingerprint density at radius 3 is 2.92 bits per heavy atom. The topological polar surface area (TPSA) is 193 Å². The molecule has 14 nitrogen and oxygen atoms in total. The van der Waals surface area contributed by atoms with E-state index in [0.717, 1.165) is 11.5 Å². The minimum atomic E-state index is -1.26. The molecule has 5 N–H and O–H groups in total. The van der Waals surface area contributed by atoms with Crippen molar-refractivity contribution in [2.24, 2.45) is 5.16 Å². The van der Waals surface area contributed by atoms with Crippen LogP contribution in [-0.2, 0) is 24.0 Å². The number of aromatic nitrogens is 3. The smallest absolute Gasteiger partial charge is 0.352 e. The van der Waals surface area contributed by atoms with Crippen LogP contribution in [0.15, 0.2) is 41.0 Å². The molecule has 2 unspecified atom stereocenters. The van der Waals surface area contributed by atoms with Gasteiger partial charge in [0.2, 0.25) is 17.9 Å². The predicted octanol–water partition coefficient (Wildman–Crippen LogP) is -0.283. The molecule has 16 heteroatoms. The number of carbonyl (C=O) groups is 4. The third-order valence-corrected chi connectivity index (χ3v) is 7.48. The van der Waals surface area contributed by atoms with Gasteiger partial charge in [-0.2, -0.15) is 13.9 Å². The highest BCUT2D eigenvalue weighted by Crippen LogP contribution is 2.42. The number of carboxylic acids is 1. The van der Waals surface area contributed by atoms with Gasteiger partial charge in [-0.15, -0.1) is 11.8 Å². The van der Waals surface area contributed by atoms with Gasteiger partial charge in [0.1, 0.15) is 29.4 Å². The Kier molecular flexibility index (Phi) is 7.68. The maximum Gasteiger partial charge on any atom is 0.352 e. The van der Waals surface area contributed by atoms with E-state index in [0.29, 0.717) is 23.4 Å². The molecule has 2 aromatic heterocycles. The molecule has 0 bridgehead atoms. The van der Waals surface area contributed by atoms with Crippen molar-refractivity contribution in [3.8, 4) is 0 Å². The van der Waals surface area contributed by atoms with E-state index in [1.165, 1.54) is 16.7 Å². The first kappa shape index (κ1) is 26.0. The molecule has 3 amide bonds. The number of nitrogen functional groups attached to an aromatic ring is 1. The van der Waals surface area contributed by atoms with Crippen LogP contribution in [0.4, 0.5) is 10.8 Å². The summed E-state index contributed by atoms with van der Waals surface area (Å²) in [6.45, 7) is 3.67. The zero-order chi connectivity index (χ0) is 26.7. The number of anilines is 2. The number of hydrogen-bond donors (Lipinski definition) is 4. The fourth-order valence-electron chi connectivity index (χ4n) is 3.88. The summed E-state index contributed by atoms with van der Waals surface area (Å²) in [5.41, 5.74) is 6.28. The summed E-state index contributed by atoms with van der Waals surface area (Å²) >= 11 is 2.20. The van der Waals surface area contributed by atoms with E-state index >= 15 is 0 Å². The molecule has 0 radical (unpaired) electrons. The lowest BCUT2D eigenvalue weighted by Gasteiger charge is -2.49. The molecule has 2 aliphatic rings. The molecule has 3 atom stereocenters. The zero-order valence-electron chi connectivity index (χ0n) is 19.7. The van der Waals surface area contributed by atoms with Crippen molar-refractivity contribution in [1.29, 1.82) is 0 Å². The summed E-state index contributed by atoms with van der Waals surface area (Å²) in [5, 5.41) is 18.4. The van der Waals surface area contributed by atoms with Gasteiger partial charge in [-0.3, -0.25) is 19.3 Å². The van der Waals surface area contributed by atoms with Crippen LogP contribution < -0.4 is 20.9 Å². The first-order valence-electron chi connectivity index (χ1n) is 11.0. The molecular formula is C21H23N8O6S2+. The van der Waals surface area contributed by atoms with Crippen LogP contribution in [-0.4, -0.2) is 73.0 Å². The standard InChI is InChI=1S/C21H22N8O6S2/c1-3-35-26-13(16-25-21(22)37-27-16)17(31)24-14-18(32)29-15(20(33)34)12(8-36-19(14)29)10(2)28-6-4-5-11(7-28)23-9-30/h4-7,9-10,14,19H,3,8H2,1-2H3,(H4-,22,23,24,25,27,30,31,33,34)/p+1/t10?,14?,19-/m0/s1. The molecule has 2 aromatic rings. The lowest BCUT2D eigenvalue weighted by Crippen LogP contribution is -2.71. The van der Waals surface area contributed by atoms with Crippen LogP contribution in [0.2, 0.25) is 0 Å². The first-order valence-corrected chi connectivity index (χ1v) is 12.8. The number of aliphatic carboxylic acids is 1. The number of hydrogen-bond acceptors (Lipinski definition) is 11. The van der Waals surface area contributed by atoms with Gasteiger partial charge in [-0.05, 0) is 13.0 Å². The van der Waals surface area contributed by atoms with E-state index in [4.69, 9.17) is 10.6 Å². The SMILES string of the molecule is CCON=C(C(=O)NC1C(=O)N2C(C(=O)O)=C(C(C)[n+]3cccc(NC=O)c3)CS[C@@H]12)c1nsc(N)n1. The number of pyridine rings is 1. The lowest BCUT2D eigenvalue weighted by molar-refractivity contribution is -0.710. The minimum absolute atomic E-state index is 0.0427. The molecule has 0 saturated carbocycles. The van der Waals surface area contributed by atoms with Crippen LogP contribution in [0.1, 0.15) is 25.7 Å². The number of nitrogens with two attached hydrogens (primary N) is 1. The number of β-lactam (4-membered cyclic amide) rings is 1. The van der Waals surface area contributed by atoms with Gasteiger partial charge in [-0.1, -0.05) is 5.16 Å². The minimum Gasteiger partial charge on any atom is -0.477 e. The van der Waals surface area contributed by atoms with E-state index < -0.39 is 35.2 Å². The van der Waals surface area contributed by atoms with Crippen molar-refractivity contribution >= 4 is 64.0 Å². The van der Waals surface area contributed by atoms with Crippen molar-refractivity contribution in [2.75, 3.05) is 23.4 Å². The Labute approximate surface area is 218 Å². The van der Waals surface area contributed by atoms with E-state index in [1.807, 2.05) is 0 Å². The second-order valence-corrected chi connectivity index (χ2v) is 9.72. The molecule has 4 heterocycles. The fourth-order valence-corrected chi connectivity index (χ4v) is 5.78. The van der Waals surface area contributed by atoms with Gasteiger partial charge in [-0.25, -0.2) is 4.79 Å². The molecule has 37 heavy (non-hydrogen) atoms. The van der Waals surface area contributed by atoms with Gasteiger partial charge in [0.05, 0.1) is 0 Å². The number of carbonyl (C=O) groups excluding carboxylic acids is 3. The van der Waals surface area contributed by atoms with Crippen LogP contribution in [0.3, 0.4) is 0 Å². The summed E-state index contributed by atoms with van der Waals surface area (Å²) in [6, 6.07) is 2.00. The molecule has 0 aliphatic carbocycles. The molecule has 1 saturated heterocycles. The van der Waals surface area contributed by atoms with Crippen molar-refractivity contribution in [1.82, 2.24) is 19.6 Å². The molecule has 0 spiro atoms. The maximum absolute atomic E-state index is 13.1. The molecule has 2 aliphatic heterocycles. The van der Waals surface area contributed by atoms with Crippen molar-refractivity contribution in [3.05, 3.63) is 41.6 Å². The van der Waals surface area contributed by atoms with E-state index in [9.17, 15) is 24.3 Å². The zero-order valence-corrected chi connectivity index (χ0v) is 21.3. The number of carboxylic acid groups (broad SMARTS) is 1. The van der Waals surface area contributed by atoms with Gasteiger partial charge in [0, 0.05) is 35.8 Å². The summed E-state index contributed by atoms with van der Waals surface area (Å²) in [7, 11) is 0. The average Bonchev–Trinajstić information content (AvgIpc) is 3.32. The number of nitrogens with one attached hydrogen (secondary N) is 2. The predicted molar refractivity (Wildman–Crippen MR) is 133 cm³/mol. The summed E-state index contributed by atoms with van der Waals surface area (Å²) < 4.78 is 5.72. The number of oxime groups is 1. The highest BCUT2D eigenvalue weighted by molar-refractivity contribution is 8.00. The van der Waals surface area contributed by atoms with Crippen molar-refractivity contribution in [2.45, 2.75) is 31.3 Å². The number of rotatable bonds is 10. The summed E-state index contributed by atoms with van der Waals surface area (Å²) in [4.78, 5) is 59.2. The number of fused-ring (bicyclic) bond motifs is 1. The second kappa shape index (κ2) is 10.9. The maximum atomic E-state index is 13.1. The third kappa shape index (κ3) is 5.10. The highest BCUT2D eigenvalue weighted by Gasteiger charge is 2.55. The summed E-state index contributed by atoms with van der Waals surface area (Å²) in [6.07, 6.45) is 3.95. The van der Waals surface area contributed by atoms with E-state index in [2.05, 4.69) is 25.1 Å². The van der Waals surface area contributed by atoms with E-state index in [-0.39, 0.29) is 29.0 Å². The number of thioether (sulfide) groups is 1. The monoisotopic (exact) mass is 547 g/mol. The van der Waals surface area contributed by atoms with Crippen molar-refractivity contribution in [3.63, 3.8) is 0 Å². The lowest BCUT2D eigenvalue weighted by atomic mass is 9.99. The first-order chi connectivity index (χ1) is 17.8. The van der Waals surface area contributed by atoms with Crippen molar-refractivity contribution < 1.29 is 33.7 Å². The molecule has 4 rings (SSSR count). The normalized spacial score (nSPS) is 20.0. The van der Waals surface area contributed by atoms with Crippen LogP contribution >= 0.6 is 23.3 Å². The Morgan fingerprint density at radius 1 is 1.49 bits per heavy atom. The van der Waals surface area contributed by atoms with Crippen LogP contribution in [0.25, 0.3) is 0 Å². The Bertz CT molecular complexity index is 1310. The molecule has 1 fully saturated rings. The number of nitrogens with zero attached hydrogens (tertiary/aromatic N) is 5. The largest absolute Gasteiger partial charge is 0.477 e. The van der Waals surface area contributed by atoms with Crippen LogP contribution in [0, 0.1) is 0 Å². The quantitative estimate of drug-likeness (QED) is 0.101. The second-order valence-electron chi connectivity index (χ2n) is 7.83. The Morgan fingerprint density at radius 2 is 2.27 bits per heavy atom. The third-order valence-electron chi connectivity index (χ3n) is 5.64. The Balaban J connectivity index is 1.57. The highest BCUT2D eigenvalue weighted by atomic mass is 32.2. The average molecular weight is 548 g/mol. The number of amides is 3. The van der Waals surface area contributed by atoms with Gasteiger partial charge in [0.25, 0.3) is 11.8 Å². The van der Waals surface area contributed by atoms with Crippen LogP contribution in [0.5, 0.6) is 0 Å². The fraction of sp³-hybridized carbons (Fsp3) is 0.333. The molecule has 194 valence electrons. The van der Waals surface area contributed by atoms with Gasteiger partial charge in [0.15, 0.2) is 23.6 Å². The van der Waals surface area contributed by atoms with Gasteiger partial charge >= 0.3 is 5.97 Å². The summed E-state index contributed by atoms with van der Waals surface area (Å²) in [5.74, 6) is -2.32. The Hall–Kier alpha value is -4.05.